The molecule has 0 bridgehead atoms. The van der Waals surface area contributed by atoms with Gasteiger partial charge in [-0.05, 0) is 58.2 Å². The maximum atomic E-state index is 12.6. The Labute approximate surface area is 197 Å². The van der Waals surface area contributed by atoms with Crippen LogP contribution in [0.1, 0.15) is 75.7 Å². The number of anilines is 1. The minimum absolute atomic E-state index is 0.00271. The highest BCUT2D eigenvalue weighted by atomic mass is 16.6. The van der Waals surface area contributed by atoms with E-state index in [1.165, 1.54) is 19.3 Å². The Balaban J connectivity index is 0.000000174. The summed E-state index contributed by atoms with van der Waals surface area (Å²) in [5.41, 5.74) is 2.62. The van der Waals surface area contributed by atoms with Crippen molar-refractivity contribution in [2.24, 2.45) is 0 Å². The molecule has 2 N–H and O–H groups in total. The molecule has 2 fully saturated rings. The van der Waals surface area contributed by atoms with E-state index in [-0.39, 0.29) is 23.8 Å². The van der Waals surface area contributed by atoms with Gasteiger partial charge in [0.2, 0.25) is 0 Å². The molecule has 2 amide bonds. The van der Waals surface area contributed by atoms with E-state index in [4.69, 9.17) is 9.47 Å². The van der Waals surface area contributed by atoms with Crippen LogP contribution in [-0.4, -0.2) is 65.9 Å². The zero-order valence-electron chi connectivity index (χ0n) is 20.4. The number of ether oxygens (including phenoxy) is 2. The molecular weight excluding hydrogens is 420 g/mol. The van der Waals surface area contributed by atoms with Crippen molar-refractivity contribution < 1.29 is 19.1 Å². The molecule has 1 aliphatic carbocycles. The van der Waals surface area contributed by atoms with Gasteiger partial charge in [-0.15, -0.1) is 0 Å². The maximum absolute atomic E-state index is 12.6. The maximum Gasteiger partial charge on any atom is 0.410 e. The number of hydrogen-bond donors (Lipinski definition) is 2. The Morgan fingerprint density at radius 3 is 2.48 bits per heavy atom. The zero-order valence-corrected chi connectivity index (χ0v) is 20.4. The minimum Gasteiger partial charge on any atom is -0.469 e. The van der Waals surface area contributed by atoms with Crippen molar-refractivity contribution in [2.45, 2.75) is 84.2 Å². The van der Waals surface area contributed by atoms with Crippen molar-refractivity contribution in [2.75, 3.05) is 31.5 Å². The van der Waals surface area contributed by atoms with Gasteiger partial charge in [-0.1, -0.05) is 19.3 Å². The number of hydrogen-bond acceptors (Lipinski definition) is 6. The third kappa shape index (κ3) is 5.72. The molecule has 0 spiro atoms. The van der Waals surface area contributed by atoms with Gasteiger partial charge < -0.3 is 29.9 Å². The van der Waals surface area contributed by atoms with Crippen LogP contribution in [0.15, 0.2) is 12.1 Å². The summed E-state index contributed by atoms with van der Waals surface area (Å²) in [5, 5.41) is 6.47. The average Bonchev–Trinajstić information content (AvgIpc) is 3.30. The van der Waals surface area contributed by atoms with Gasteiger partial charge in [0.1, 0.15) is 11.4 Å². The number of rotatable bonds is 1. The second-order valence-electron chi connectivity index (χ2n) is 10.4. The molecule has 8 heteroatoms. The largest absolute Gasteiger partial charge is 0.469 e. The third-order valence-corrected chi connectivity index (χ3v) is 6.48. The molecule has 1 aromatic rings. The molecule has 1 saturated heterocycles. The summed E-state index contributed by atoms with van der Waals surface area (Å²) in [4.78, 5) is 27.9. The number of fused-ring (bicyclic) bond motifs is 2. The van der Waals surface area contributed by atoms with Crippen molar-refractivity contribution in [3.63, 3.8) is 0 Å². The number of nitrogens with one attached hydrogen (secondary N) is 2. The van der Waals surface area contributed by atoms with Gasteiger partial charge in [-0.2, -0.15) is 0 Å². The standard InChI is InChI=1S/C16H20N2O2.C9H18N2O2/c1-10-17-14-7-11-9-18(12-5-3-2-4-6-12)16(19)13(11)8-15(14)20-10;1-9(2,3)13-8(12)11-6-4-10-5-7-11/h7-8,10,12,17H,2-6,9H2,1H3;10H,4-7H2,1-3H3. The molecular formula is C25H38N4O4. The van der Waals surface area contributed by atoms with Crippen LogP contribution < -0.4 is 15.4 Å². The van der Waals surface area contributed by atoms with Gasteiger partial charge in [0.05, 0.1) is 5.69 Å². The summed E-state index contributed by atoms with van der Waals surface area (Å²) in [6, 6.07) is 4.45. The van der Waals surface area contributed by atoms with Crippen LogP contribution in [0.5, 0.6) is 5.75 Å². The average molecular weight is 459 g/mol. The molecule has 0 radical (unpaired) electrons. The minimum atomic E-state index is -0.387. The van der Waals surface area contributed by atoms with Crippen LogP contribution in [0.2, 0.25) is 0 Å². The molecule has 1 unspecified atom stereocenters. The number of amides is 2. The van der Waals surface area contributed by atoms with E-state index < -0.39 is 0 Å². The molecule has 1 aromatic carbocycles. The highest BCUT2D eigenvalue weighted by Gasteiger charge is 2.35. The summed E-state index contributed by atoms with van der Waals surface area (Å²) in [6.07, 6.45) is 5.94. The third-order valence-electron chi connectivity index (χ3n) is 6.48. The van der Waals surface area contributed by atoms with Gasteiger partial charge in [0.25, 0.3) is 5.91 Å². The van der Waals surface area contributed by atoms with E-state index in [1.807, 2.05) is 33.8 Å². The summed E-state index contributed by atoms with van der Waals surface area (Å²) in [7, 11) is 0. The molecule has 3 heterocycles. The quantitative estimate of drug-likeness (QED) is 0.663. The Kier molecular flexibility index (Phi) is 7.02. The van der Waals surface area contributed by atoms with E-state index in [0.29, 0.717) is 6.04 Å². The highest BCUT2D eigenvalue weighted by Crippen LogP contribution is 2.39. The van der Waals surface area contributed by atoms with Crippen LogP contribution in [0, 0.1) is 0 Å². The molecule has 3 aliphatic heterocycles. The molecule has 182 valence electrons. The highest BCUT2D eigenvalue weighted by molar-refractivity contribution is 6.00. The van der Waals surface area contributed by atoms with Crippen LogP contribution in [0.3, 0.4) is 0 Å². The number of nitrogens with zero attached hydrogens (tertiary/aromatic N) is 2. The second-order valence-corrected chi connectivity index (χ2v) is 10.4. The van der Waals surface area contributed by atoms with Gasteiger partial charge in [0.15, 0.2) is 6.23 Å². The van der Waals surface area contributed by atoms with Crippen LogP contribution >= 0.6 is 0 Å². The molecule has 4 aliphatic rings. The summed E-state index contributed by atoms with van der Waals surface area (Å²) in [6.45, 7) is 11.6. The first-order valence-electron chi connectivity index (χ1n) is 12.3. The second kappa shape index (κ2) is 9.79. The molecule has 5 rings (SSSR count). The molecule has 8 nitrogen and oxygen atoms in total. The van der Waals surface area contributed by atoms with Gasteiger partial charge >= 0.3 is 6.09 Å². The molecule has 33 heavy (non-hydrogen) atoms. The van der Waals surface area contributed by atoms with Crippen molar-refractivity contribution >= 4 is 17.7 Å². The topological polar surface area (TPSA) is 83.1 Å². The number of carbonyl (C=O) groups is 2. The van der Waals surface area contributed by atoms with Crippen LogP contribution in [-0.2, 0) is 11.3 Å². The Bertz CT molecular complexity index is 870. The summed E-state index contributed by atoms with van der Waals surface area (Å²) < 4.78 is 10.9. The first-order chi connectivity index (χ1) is 15.7. The fraction of sp³-hybridized carbons (Fsp3) is 0.680. The normalized spacial score (nSPS) is 22.5. The van der Waals surface area contributed by atoms with Crippen LogP contribution in [0.25, 0.3) is 0 Å². The number of piperazine rings is 1. The lowest BCUT2D eigenvalue weighted by atomic mass is 9.94. The summed E-state index contributed by atoms with van der Waals surface area (Å²) in [5.74, 6) is 1.01. The van der Waals surface area contributed by atoms with Gasteiger partial charge in [-0.25, -0.2) is 4.79 Å². The Morgan fingerprint density at radius 1 is 1.12 bits per heavy atom. The SMILES string of the molecule is CC(C)(C)OC(=O)N1CCNCC1.CC1Nc2cc3c(cc2O1)C(=O)N(C1CCCCC1)C3. The van der Waals surface area contributed by atoms with E-state index in [1.54, 1.807) is 4.90 Å². The number of carbonyl (C=O) groups excluding carboxylic acids is 2. The fourth-order valence-corrected chi connectivity index (χ4v) is 4.88. The Morgan fingerprint density at radius 2 is 1.82 bits per heavy atom. The van der Waals surface area contributed by atoms with E-state index in [0.717, 1.165) is 68.1 Å². The lowest BCUT2D eigenvalue weighted by Crippen LogP contribution is -2.48. The lowest BCUT2D eigenvalue weighted by Gasteiger charge is -2.30. The summed E-state index contributed by atoms with van der Waals surface area (Å²) >= 11 is 0. The predicted octanol–water partition coefficient (Wildman–Crippen LogP) is 3.95. The monoisotopic (exact) mass is 458 g/mol. The van der Waals surface area contributed by atoms with Gasteiger partial charge in [0, 0.05) is 44.3 Å². The number of benzene rings is 1. The van der Waals surface area contributed by atoms with Crippen LogP contribution in [0.4, 0.5) is 10.5 Å². The fourth-order valence-electron chi connectivity index (χ4n) is 4.88. The smallest absolute Gasteiger partial charge is 0.410 e. The first-order valence-corrected chi connectivity index (χ1v) is 12.3. The Hall–Kier alpha value is -2.48. The van der Waals surface area contributed by atoms with Crippen molar-refractivity contribution in [3.8, 4) is 5.75 Å². The molecule has 1 saturated carbocycles. The first kappa shape index (κ1) is 23.7. The van der Waals surface area contributed by atoms with Crippen molar-refractivity contribution in [3.05, 3.63) is 23.3 Å². The van der Waals surface area contributed by atoms with E-state index in [9.17, 15) is 9.59 Å². The van der Waals surface area contributed by atoms with E-state index >= 15 is 0 Å². The van der Waals surface area contributed by atoms with Crippen molar-refractivity contribution in [1.82, 2.24) is 15.1 Å². The van der Waals surface area contributed by atoms with E-state index in [2.05, 4.69) is 21.6 Å². The van der Waals surface area contributed by atoms with Gasteiger partial charge in [-0.3, -0.25) is 4.79 Å². The van der Waals surface area contributed by atoms with Crippen molar-refractivity contribution in [1.29, 1.82) is 0 Å². The molecule has 0 aromatic heterocycles. The lowest BCUT2D eigenvalue weighted by molar-refractivity contribution is 0.0228. The molecule has 1 atom stereocenters. The zero-order chi connectivity index (χ0) is 23.6. The predicted molar refractivity (Wildman–Crippen MR) is 128 cm³/mol.